The maximum absolute atomic E-state index is 13.2. The van der Waals surface area contributed by atoms with Crippen molar-refractivity contribution in [3.63, 3.8) is 0 Å². The number of hydrogen-bond acceptors (Lipinski definition) is 3. The van der Waals surface area contributed by atoms with E-state index in [0.717, 1.165) is 28.6 Å². The fourth-order valence-electron chi connectivity index (χ4n) is 4.30. The molecular weight excluding hydrogens is 358 g/mol. The molecule has 1 saturated carbocycles. The van der Waals surface area contributed by atoms with Crippen molar-refractivity contribution in [3.8, 4) is 0 Å². The molecule has 0 spiro atoms. The summed E-state index contributed by atoms with van der Waals surface area (Å²) >= 11 is 0. The van der Waals surface area contributed by atoms with Crippen molar-refractivity contribution < 1.29 is 4.79 Å². The first-order chi connectivity index (χ1) is 14.0. The molecule has 1 heterocycles. The van der Waals surface area contributed by atoms with Crippen LogP contribution in [-0.2, 0) is 0 Å². The lowest BCUT2D eigenvalue weighted by molar-refractivity contribution is 0.0912. The van der Waals surface area contributed by atoms with Crippen LogP contribution in [0.4, 0.5) is 11.5 Å². The highest BCUT2D eigenvalue weighted by Crippen LogP contribution is 2.27. The zero-order valence-electron chi connectivity index (χ0n) is 17.5. The zero-order valence-corrected chi connectivity index (χ0v) is 17.5. The lowest BCUT2D eigenvalue weighted by Crippen LogP contribution is -2.41. The number of aromatic nitrogens is 1. The van der Waals surface area contributed by atoms with Crippen molar-refractivity contribution in [3.05, 3.63) is 65.2 Å². The average molecular weight is 388 g/mol. The summed E-state index contributed by atoms with van der Waals surface area (Å²) in [6.45, 7) is 6.40. The van der Waals surface area contributed by atoms with Gasteiger partial charge in [-0.25, -0.2) is 4.98 Å². The van der Waals surface area contributed by atoms with Crippen molar-refractivity contribution in [2.24, 2.45) is 5.92 Å². The Labute approximate surface area is 172 Å². The number of pyridine rings is 1. The normalized spacial score (nSPS) is 19.1. The molecule has 0 bridgehead atoms. The summed E-state index contributed by atoms with van der Waals surface area (Å²) in [6, 6.07) is 16.3. The number of anilines is 2. The monoisotopic (exact) mass is 387 g/mol. The Morgan fingerprint density at radius 2 is 1.83 bits per heavy atom. The lowest BCUT2D eigenvalue weighted by atomic mass is 9.86. The van der Waals surface area contributed by atoms with E-state index in [1.807, 2.05) is 30.3 Å². The van der Waals surface area contributed by atoms with Crippen molar-refractivity contribution in [2.75, 3.05) is 5.32 Å². The van der Waals surface area contributed by atoms with E-state index in [2.05, 4.69) is 49.6 Å². The van der Waals surface area contributed by atoms with Gasteiger partial charge in [0.15, 0.2) is 0 Å². The summed E-state index contributed by atoms with van der Waals surface area (Å²) in [5.41, 5.74) is 4.89. The molecule has 150 valence electrons. The van der Waals surface area contributed by atoms with Crippen LogP contribution in [0.5, 0.6) is 0 Å². The first kappa shape index (κ1) is 19.4. The van der Waals surface area contributed by atoms with Gasteiger partial charge in [-0.2, -0.15) is 0 Å². The van der Waals surface area contributed by atoms with Crippen LogP contribution in [0, 0.1) is 19.8 Å². The van der Waals surface area contributed by atoms with Gasteiger partial charge in [0.25, 0.3) is 5.91 Å². The van der Waals surface area contributed by atoms with E-state index in [0.29, 0.717) is 17.3 Å². The summed E-state index contributed by atoms with van der Waals surface area (Å²) < 4.78 is 0. The largest absolute Gasteiger partial charge is 0.349 e. The SMILES string of the molecule is Cc1ccc(Nc2cc(C(=O)NC3CCCCC3C)c3ccccc3n2)c(C)c1. The predicted octanol–water partition coefficient (Wildman–Crippen LogP) is 5.90. The number of amides is 1. The second-order valence-corrected chi connectivity index (χ2v) is 8.36. The van der Waals surface area contributed by atoms with E-state index >= 15 is 0 Å². The average Bonchev–Trinajstić information content (AvgIpc) is 2.71. The first-order valence-electron chi connectivity index (χ1n) is 10.6. The predicted molar refractivity (Wildman–Crippen MR) is 120 cm³/mol. The van der Waals surface area contributed by atoms with Gasteiger partial charge in [-0.3, -0.25) is 4.79 Å². The lowest BCUT2D eigenvalue weighted by Gasteiger charge is -2.29. The van der Waals surface area contributed by atoms with Crippen LogP contribution in [0.2, 0.25) is 0 Å². The van der Waals surface area contributed by atoms with E-state index in [4.69, 9.17) is 4.98 Å². The van der Waals surface area contributed by atoms with Gasteiger partial charge in [0, 0.05) is 17.1 Å². The molecule has 2 aromatic carbocycles. The quantitative estimate of drug-likeness (QED) is 0.586. The summed E-state index contributed by atoms with van der Waals surface area (Å²) in [6.07, 6.45) is 4.69. The molecule has 0 radical (unpaired) electrons. The molecule has 29 heavy (non-hydrogen) atoms. The molecule has 2 N–H and O–H groups in total. The molecular formula is C25H29N3O. The van der Waals surface area contributed by atoms with Crippen LogP contribution in [0.1, 0.15) is 54.1 Å². The van der Waals surface area contributed by atoms with Gasteiger partial charge in [0.1, 0.15) is 5.82 Å². The van der Waals surface area contributed by atoms with Gasteiger partial charge in [0.2, 0.25) is 0 Å². The Bertz CT molecular complexity index is 1040. The third-order valence-electron chi connectivity index (χ3n) is 6.03. The summed E-state index contributed by atoms with van der Waals surface area (Å²) in [7, 11) is 0. The van der Waals surface area contributed by atoms with Crippen molar-refractivity contribution in [1.29, 1.82) is 0 Å². The van der Waals surface area contributed by atoms with Crippen LogP contribution >= 0.6 is 0 Å². The van der Waals surface area contributed by atoms with E-state index in [1.54, 1.807) is 0 Å². The molecule has 4 nitrogen and oxygen atoms in total. The number of benzene rings is 2. The number of fused-ring (bicyclic) bond motifs is 1. The molecule has 1 aromatic heterocycles. The topological polar surface area (TPSA) is 54.0 Å². The van der Waals surface area contributed by atoms with Gasteiger partial charge >= 0.3 is 0 Å². The highest BCUT2D eigenvalue weighted by atomic mass is 16.1. The van der Waals surface area contributed by atoms with Gasteiger partial charge in [-0.1, -0.05) is 55.7 Å². The van der Waals surface area contributed by atoms with E-state index in [1.165, 1.54) is 24.8 Å². The number of aryl methyl sites for hydroxylation is 2. The van der Waals surface area contributed by atoms with Gasteiger partial charge in [0.05, 0.1) is 11.1 Å². The van der Waals surface area contributed by atoms with E-state index in [-0.39, 0.29) is 11.9 Å². The fraction of sp³-hybridized carbons (Fsp3) is 0.360. The van der Waals surface area contributed by atoms with Gasteiger partial charge in [-0.15, -0.1) is 0 Å². The van der Waals surface area contributed by atoms with Gasteiger partial charge in [-0.05, 0) is 56.4 Å². The number of nitrogens with zero attached hydrogens (tertiary/aromatic N) is 1. The zero-order chi connectivity index (χ0) is 20.4. The number of nitrogens with one attached hydrogen (secondary N) is 2. The maximum Gasteiger partial charge on any atom is 0.252 e. The minimum atomic E-state index is -0.00831. The molecule has 1 aliphatic rings. The molecule has 4 rings (SSSR count). The Morgan fingerprint density at radius 1 is 1.03 bits per heavy atom. The number of rotatable bonds is 4. The fourth-order valence-corrected chi connectivity index (χ4v) is 4.30. The van der Waals surface area contributed by atoms with Crippen LogP contribution in [0.25, 0.3) is 10.9 Å². The number of hydrogen-bond donors (Lipinski definition) is 2. The molecule has 2 unspecified atom stereocenters. The Balaban J connectivity index is 1.68. The second kappa shape index (κ2) is 8.24. The Kier molecular flexibility index (Phi) is 5.52. The second-order valence-electron chi connectivity index (χ2n) is 8.36. The maximum atomic E-state index is 13.2. The van der Waals surface area contributed by atoms with Crippen molar-refractivity contribution >= 4 is 28.3 Å². The van der Waals surface area contributed by atoms with Gasteiger partial charge < -0.3 is 10.6 Å². The number of para-hydroxylation sites is 1. The standard InChI is InChI=1S/C25H29N3O/c1-16-12-13-22(18(3)14-16)26-24-15-20(19-9-5-7-11-23(19)27-24)25(29)28-21-10-6-4-8-17(21)2/h5,7,9,11-15,17,21H,4,6,8,10H2,1-3H3,(H,26,27)(H,28,29). The van der Waals surface area contributed by atoms with Crippen LogP contribution < -0.4 is 10.6 Å². The van der Waals surface area contributed by atoms with Crippen LogP contribution in [0.15, 0.2) is 48.5 Å². The molecule has 3 aromatic rings. The highest BCUT2D eigenvalue weighted by molar-refractivity contribution is 6.07. The Morgan fingerprint density at radius 3 is 2.62 bits per heavy atom. The third kappa shape index (κ3) is 4.26. The smallest absolute Gasteiger partial charge is 0.252 e. The van der Waals surface area contributed by atoms with Crippen LogP contribution in [0.3, 0.4) is 0 Å². The molecule has 2 atom stereocenters. The molecule has 1 amide bonds. The molecule has 4 heteroatoms. The first-order valence-corrected chi connectivity index (χ1v) is 10.6. The number of carbonyl (C=O) groups is 1. The highest BCUT2D eigenvalue weighted by Gasteiger charge is 2.24. The molecule has 1 aliphatic carbocycles. The Hall–Kier alpha value is -2.88. The molecule has 0 aliphatic heterocycles. The summed E-state index contributed by atoms with van der Waals surface area (Å²) in [5.74, 6) is 1.21. The third-order valence-corrected chi connectivity index (χ3v) is 6.03. The summed E-state index contributed by atoms with van der Waals surface area (Å²) in [5, 5.41) is 7.59. The van der Waals surface area contributed by atoms with E-state index < -0.39 is 0 Å². The van der Waals surface area contributed by atoms with Crippen molar-refractivity contribution in [2.45, 2.75) is 52.5 Å². The minimum absolute atomic E-state index is 0.00831. The minimum Gasteiger partial charge on any atom is -0.349 e. The molecule has 0 saturated heterocycles. The number of carbonyl (C=O) groups excluding carboxylic acids is 1. The van der Waals surface area contributed by atoms with Crippen molar-refractivity contribution in [1.82, 2.24) is 10.3 Å². The van der Waals surface area contributed by atoms with E-state index in [9.17, 15) is 4.79 Å². The molecule has 1 fully saturated rings. The van der Waals surface area contributed by atoms with Crippen LogP contribution in [-0.4, -0.2) is 16.9 Å². The summed E-state index contributed by atoms with van der Waals surface area (Å²) in [4.78, 5) is 18.0.